The van der Waals surface area contributed by atoms with Crippen LogP contribution in [0.5, 0.6) is 11.6 Å². The summed E-state index contributed by atoms with van der Waals surface area (Å²) in [5.41, 5.74) is 5.07. The van der Waals surface area contributed by atoms with E-state index >= 15 is 0 Å². The number of pyridine rings is 1. The standard InChI is InChI=1S/C34H25N3O2/c38-32(26-7-2-1-3-8-26)16-20-34(19-6-9-27(23-34)25-17-21-35-22-18-25)28-12-14-29(15-13-28)39-33-24-36-30-10-4-5-11-31(30)37-33/h1-22,24H,23H2/b20-16+. The topological polar surface area (TPSA) is 65.0 Å². The van der Waals surface area contributed by atoms with Crippen LogP contribution < -0.4 is 4.74 Å². The zero-order chi connectivity index (χ0) is 26.5. The van der Waals surface area contributed by atoms with Gasteiger partial charge in [0.1, 0.15) is 5.75 Å². The van der Waals surface area contributed by atoms with Crippen LogP contribution in [-0.2, 0) is 5.41 Å². The molecule has 1 aliphatic carbocycles. The normalized spacial score (nSPS) is 16.8. The molecular weight excluding hydrogens is 482 g/mol. The van der Waals surface area contributed by atoms with Crippen LogP contribution in [0.1, 0.15) is 27.9 Å². The van der Waals surface area contributed by atoms with E-state index in [9.17, 15) is 4.79 Å². The molecule has 2 heterocycles. The van der Waals surface area contributed by atoms with Crippen molar-refractivity contribution in [2.24, 2.45) is 0 Å². The number of para-hydroxylation sites is 2. The molecule has 0 fully saturated rings. The van der Waals surface area contributed by atoms with Gasteiger partial charge in [-0.15, -0.1) is 0 Å². The van der Waals surface area contributed by atoms with Crippen molar-refractivity contribution in [1.82, 2.24) is 15.0 Å². The third kappa shape index (κ3) is 5.29. The largest absolute Gasteiger partial charge is 0.437 e. The Morgan fingerprint density at radius 1 is 0.846 bits per heavy atom. The lowest BCUT2D eigenvalue weighted by Gasteiger charge is -2.32. The summed E-state index contributed by atoms with van der Waals surface area (Å²) in [6.07, 6.45) is 16.0. The highest BCUT2D eigenvalue weighted by Crippen LogP contribution is 2.41. The first-order valence-corrected chi connectivity index (χ1v) is 12.8. The van der Waals surface area contributed by atoms with Gasteiger partial charge in [0.25, 0.3) is 0 Å². The average Bonchev–Trinajstić information content (AvgIpc) is 3.01. The molecule has 5 nitrogen and oxygen atoms in total. The van der Waals surface area contributed by atoms with Crippen LogP contribution in [0, 0.1) is 0 Å². The number of nitrogens with zero attached hydrogens (tertiary/aromatic N) is 3. The molecule has 0 radical (unpaired) electrons. The minimum absolute atomic E-state index is 0.0294. The Labute approximate surface area is 226 Å². The molecule has 0 saturated carbocycles. The fourth-order valence-corrected chi connectivity index (χ4v) is 4.81. The van der Waals surface area contributed by atoms with E-state index in [1.165, 1.54) is 5.57 Å². The van der Waals surface area contributed by atoms with Gasteiger partial charge in [0.05, 0.1) is 17.2 Å². The Balaban J connectivity index is 1.31. The van der Waals surface area contributed by atoms with Crippen LogP contribution in [0.2, 0.25) is 0 Å². The second-order valence-electron chi connectivity index (χ2n) is 9.39. The average molecular weight is 508 g/mol. The first kappa shape index (κ1) is 24.2. The summed E-state index contributed by atoms with van der Waals surface area (Å²) in [4.78, 5) is 26.2. The van der Waals surface area contributed by atoms with Gasteiger partial charge in [-0.25, -0.2) is 9.97 Å². The van der Waals surface area contributed by atoms with Crippen molar-refractivity contribution in [3.63, 3.8) is 0 Å². The van der Waals surface area contributed by atoms with E-state index in [1.54, 1.807) is 24.7 Å². The van der Waals surface area contributed by atoms with Crippen molar-refractivity contribution in [3.05, 3.63) is 157 Å². The lowest BCUT2D eigenvalue weighted by molar-refractivity contribution is 0.104. The number of hydrogen-bond donors (Lipinski definition) is 0. The molecule has 0 amide bonds. The van der Waals surface area contributed by atoms with Gasteiger partial charge in [0, 0.05) is 23.4 Å². The molecule has 5 heteroatoms. The van der Waals surface area contributed by atoms with Crippen molar-refractivity contribution < 1.29 is 9.53 Å². The number of aromatic nitrogens is 3. The number of ketones is 1. The van der Waals surface area contributed by atoms with Crippen LogP contribution in [0.25, 0.3) is 16.6 Å². The van der Waals surface area contributed by atoms with E-state index in [-0.39, 0.29) is 5.78 Å². The fourth-order valence-electron chi connectivity index (χ4n) is 4.81. The maximum absolute atomic E-state index is 13.0. The maximum atomic E-state index is 13.0. The number of rotatable bonds is 7. The fraction of sp³-hybridized carbons (Fsp3) is 0.0588. The highest BCUT2D eigenvalue weighted by molar-refractivity contribution is 6.04. The highest BCUT2D eigenvalue weighted by atomic mass is 16.5. The quantitative estimate of drug-likeness (QED) is 0.168. The predicted octanol–water partition coefficient (Wildman–Crippen LogP) is 7.54. The Bertz CT molecular complexity index is 1710. The van der Waals surface area contributed by atoms with E-state index in [2.05, 4.69) is 33.2 Å². The van der Waals surface area contributed by atoms with Crippen molar-refractivity contribution in [2.45, 2.75) is 11.8 Å². The Morgan fingerprint density at radius 3 is 2.38 bits per heavy atom. The molecule has 0 spiro atoms. The monoisotopic (exact) mass is 507 g/mol. The van der Waals surface area contributed by atoms with Crippen LogP contribution in [0.3, 0.4) is 0 Å². The van der Waals surface area contributed by atoms with Gasteiger partial charge in [-0.05, 0) is 65.6 Å². The molecule has 1 unspecified atom stereocenters. The molecule has 188 valence electrons. The van der Waals surface area contributed by atoms with Gasteiger partial charge in [-0.3, -0.25) is 9.78 Å². The number of carbonyl (C=O) groups excluding carboxylic acids is 1. The van der Waals surface area contributed by atoms with E-state index in [0.717, 1.165) is 22.2 Å². The molecule has 1 atom stereocenters. The Kier molecular flexibility index (Phi) is 6.62. The predicted molar refractivity (Wildman–Crippen MR) is 154 cm³/mol. The van der Waals surface area contributed by atoms with Crippen molar-refractivity contribution >= 4 is 22.4 Å². The number of fused-ring (bicyclic) bond motifs is 1. The molecule has 6 rings (SSSR count). The molecule has 39 heavy (non-hydrogen) atoms. The van der Waals surface area contributed by atoms with Gasteiger partial charge < -0.3 is 4.74 Å². The molecule has 0 aliphatic heterocycles. The number of ether oxygens (including phenoxy) is 1. The lowest BCUT2D eigenvalue weighted by Crippen LogP contribution is -2.23. The third-order valence-corrected chi connectivity index (χ3v) is 6.86. The second-order valence-corrected chi connectivity index (χ2v) is 9.39. The summed E-state index contributed by atoms with van der Waals surface area (Å²) >= 11 is 0. The zero-order valence-corrected chi connectivity index (χ0v) is 21.1. The van der Waals surface area contributed by atoms with Gasteiger partial charge in [-0.1, -0.05) is 78.9 Å². The zero-order valence-electron chi connectivity index (χ0n) is 21.1. The van der Waals surface area contributed by atoms with E-state index in [0.29, 0.717) is 23.6 Å². The van der Waals surface area contributed by atoms with Crippen LogP contribution in [-0.4, -0.2) is 20.7 Å². The first-order chi connectivity index (χ1) is 19.2. The SMILES string of the molecule is O=C(/C=C/C1(c2ccc(Oc3cnc4ccccc4n3)cc2)C=CC=C(c2ccncc2)C1)c1ccccc1. The lowest BCUT2D eigenvalue weighted by atomic mass is 9.71. The van der Waals surface area contributed by atoms with Crippen molar-refractivity contribution in [2.75, 3.05) is 0 Å². The molecule has 0 saturated heterocycles. The summed E-state index contributed by atoms with van der Waals surface area (Å²) in [6.45, 7) is 0. The van der Waals surface area contributed by atoms with Crippen LogP contribution in [0.15, 0.2) is 140 Å². The van der Waals surface area contributed by atoms with Gasteiger partial charge in [0.2, 0.25) is 5.88 Å². The summed E-state index contributed by atoms with van der Waals surface area (Å²) in [6, 6.07) is 29.0. The third-order valence-electron chi connectivity index (χ3n) is 6.86. The van der Waals surface area contributed by atoms with Crippen LogP contribution >= 0.6 is 0 Å². The van der Waals surface area contributed by atoms with Gasteiger partial charge >= 0.3 is 0 Å². The molecule has 3 aromatic carbocycles. The molecule has 5 aromatic rings. The van der Waals surface area contributed by atoms with Gasteiger partial charge in [-0.2, -0.15) is 0 Å². The first-order valence-electron chi connectivity index (χ1n) is 12.8. The van der Waals surface area contributed by atoms with Crippen molar-refractivity contribution in [1.29, 1.82) is 0 Å². The van der Waals surface area contributed by atoms with Crippen molar-refractivity contribution in [3.8, 4) is 11.6 Å². The number of hydrogen-bond acceptors (Lipinski definition) is 5. The molecule has 0 bridgehead atoms. The molecule has 0 N–H and O–H groups in total. The van der Waals surface area contributed by atoms with E-state index in [4.69, 9.17) is 4.74 Å². The number of allylic oxidation sites excluding steroid dienone is 6. The molecule has 2 aromatic heterocycles. The molecular formula is C34H25N3O2. The summed E-state index contributed by atoms with van der Waals surface area (Å²) in [7, 11) is 0. The molecule has 1 aliphatic rings. The second kappa shape index (κ2) is 10.7. The minimum Gasteiger partial charge on any atom is -0.437 e. The maximum Gasteiger partial charge on any atom is 0.238 e. The highest BCUT2D eigenvalue weighted by Gasteiger charge is 2.30. The minimum atomic E-state index is -0.515. The number of benzene rings is 3. The summed E-state index contributed by atoms with van der Waals surface area (Å²) < 4.78 is 6.03. The summed E-state index contributed by atoms with van der Waals surface area (Å²) in [5, 5.41) is 0. The van der Waals surface area contributed by atoms with Gasteiger partial charge in [0.15, 0.2) is 5.78 Å². The van der Waals surface area contributed by atoms with E-state index in [1.807, 2.05) is 97.1 Å². The number of carbonyl (C=O) groups is 1. The Morgan fingerprint density at radius 2 is 1.59 bits per heavy atom. The van der Waals surface area contributed by atoms with Crippen LogP contribution in [0.4, 0.5) is 0 Å². The Hall–Kier alpha value is -5.16. The smallest absolute Gasteiger partial charge is 0.238 e. The summed E-state index contributed by atoms with van der Waals surface area (Å²) in [5.74, 6) is 1.07. The van der Waals surface area contributed by atoms with E-state index < -0.39 is 5.41 Å².